The van der Waals surface area contributed by atoms with E-state index in [1.807, 2.05) is 6.07 Å². The van der Waals surface area contributed by atoms with Gasteiger partial charge in [0, 0.05) is 31.7 Å². The summed E-state index contributed by atoms with van der Waals surface area (Å²) in [6.45, 7) is 2.75. The Labute approximate surface area is 174 Å². The van der Waals surface area contributed by atoms with E-state index < -0.39 is 0 Å². The normalized spacial score (nSPS) is 15.5. The first-order chi connectivity index (χ1) is 13.0. The van der Waals surface area contributed by atoms with Crippen molar-refractivity contribution in [2.45, 2.75) is 25.4 Å². The Kier molecular flexibility index (Phi) is 7.25. The highest BCUT2D eigenvalue weighted by molar-refractivity contribution is 6.43. The van der Waals surface area contributed by atoms with E-state index in [1.165, 1.54) is 17.7 Å². The fourth-order valence-corrected chi connectivity index (χ4v) is 3.70. The summed E-state index contributed by atoms with van der Waals surface area (Å²) in [5, 5.41) is 4.03. The van der Waals surface area contributed by atoms with Gasteiger partial charge in [-0.25, -0.2) is 0 Å². The number of rotatable bonds is 6. The lowest BCUT2D eigenvalue weighted by Gasteiger charge is -2.32. The lowest BCUT2D eigenvalue weighted by molar-refractivity contribution is -0.124. The Morgan fingerprint density at radius 1 is 1.04 bits per heavy atom. The second-order valence-electron chi connectivity index (χ2n) is 6.59. The van der Waals surface area contributed by atoms with Crippen molar-refractivity contribution in [2.75, 3.05) is 19.7 Å². The molecule has 1 aliphatic rings. The fourth-order valence-electron chi connectivity index (χ4n) is 3.10. The highest BCUT2D eigenvalue weighted by Crippen LogP contribution is 2.33. The SMILES string of the molecule is O=C(COc1cc(Cl)c(Cl)cc1Cl)NC1CCN(Cc2ccccc2)CC1. The molecule has 0 bridgehead atoms. The minimum atomic E-state index is -0.168. The number of likely N-dealkylation sites (tertiary alicyclic amines) is 1. The molecule has 0 aliphatic carbocycles. The molecule has 0 atom stereocenters. The molecule has 4 nitrogen and oxygen atoms in total. The van der Waals surface area contributed by atoms with Gasteiger partial charge >= 0.3 is 0 Å². The van der Waals surface area contributed by atoms with Crippen molar-refractivity contribution >= 4 is 40.7 Å². The Balaban J connectivity index is 1.41. The number of hydrogen-bond acceptors (Lipinski definition) is 3. The van der Waals surface area contributed by atoms with E-state index in [9.17, 15) is 4.79 Å². The fraction of sp³-hybridized carbons (Fsp3) is 0.350. The molecule has 0 aromatic heterocycles. The van der Waals surface area contributed by atoms with E-state index >= 15 is 0 Å². The minimum absolute atomic E-state index is 0.109. The predicted octanol–water partition coefficient (Wildman–Crippen LogP) is 4.81. The molecule has 7 heteroatoms. The quantitative estimate of drug-likeness (QED) is 0.673. The van der Waals surface area contributed by atoms with Crippen molar-refractivity contribution in [3.8, 4) is 5.75 Å². The van der Waals surface area contributed by atoms with Crippen LogP contribution in [-0.4, -0.2) is 36.5 Å². The summed E-state index contributed by atoms with van der Waals surface area (Å²) < 4.78 is 5.48. The second-order valence-corrected chi connectivity index (χ2v) is 7.81. The van der Waals surface area contributed by atoms with E-state index in [1.54, 1.807) is 0 Å². The number of nitrogens with zero attached hydrogens (tertiary/aromatic N) is 1. The van der Waals surface area contributed by atoms with Gasteiger partial charge in [0.15, 0.2) is 6.61 Å². The van der Waals surface area contributed by atoms with Crippen LogP contribution in [0.5, 0.6) is 5.75 Å². The molecule has 27 heavy (non-hydrogen) atoms. The van der Waals surface area contributed by atoms with Crippen LogP contribution < -0.4 is 10.1 Å². The molecular formula is C20H21Cl3N2O2. The van der Waals surface area contributed by atoms with Crippen molar-refractivity contribution in [3.63, 3.8) is 0 Å². The molecule has 1 fully saturated rings. The largest absolute Gasteiger partial charge is 0.482 e. The molecule has 0 unspecified atom stereocenters. The van der Waals surface area contributed by atoms with Gasteiger partial charge in [-0.05, 0) is 24.5 Å². The van der Waals surface area contributed by atoms with Gasteiger partial charge in [0.1, 0.15) is 5.75 Å². The molecule has 1 amide bonds. The third-order valence-corrected chi connectivity index (χ3v) is 5.55. The summed E-state index contributed by atoms with van der Waals surface area (Å²) in [6, 6.07) is 13.6. The van der Waals surface area contributed by atoms with Crippen LogP contribution in [0.25, 0.3) is 0 Å². The van der Waals surface area contributed by atoms with Gasteiger partial charge < -0.3 is 10.1 Å². The number of piperidine rings is 1. The van der Waals surface area contributed by atoms with Crippen molar-refractivity contribution < 1.29 is 9.53 Å². The summed E-state index contributed by atoms with van der Waals surface area (Å²) in [7, 11) is 0. The van der Waals surface area contributed by atoms with Crippen molar-refractivity contribution in [1.82, 2.24) is 10.2 Å². The molecule has 2 aromatic rings. The second kappa shape index (κ2) is 9.65. The van der Waals surface area contributed by atoms with Crippen LogP contribution in [0.2, 0.25) is 15.1 Å². The van der Waals surface area contributed by atoms with E-state index in [2.05, 4.69) is 34.5 Å². The smallest absolute Gasteiger partial charge is 0.258 e. The number of benzene rings is 2. The number of nitrogens with one attached hydrogen (secondary N) is 1. The molecule has 1 N–H and O–H groups in total. The zero-order valence-electron chi connectivity index (χ0n) is 14.8. The van der Waals surface area contributed by atoms with Crippen molar-refractivity contribution in [2.24, 2.45) is 0 Å². The van der Waals surface area contributed by atoms with E-state index in [4.69, 9.17) is 39.5 Å². The summed E-state index contributed by atoms with van der Waals surface area (Å²) in [4.78, 5) is 14.6. The van der Waals surface area contributed by atoms with E-state index in [0.717, 1.165) is 32.5 Å². The zero-order chi connectivity index (χ0) is 19.2. The maximum Gasteiger partial charge on any atom is 0.258 e. The van der Waals surface area contributed by atoms with Crippen molar-refractivity contribution in [3.05, 3.63) is 63.1 Å². The van der Waals surface area contributed by atoms with Gasteiger partial charge in [-0.3, -0.25) is 9.69 Å². The summed E-state index contributed by atoms with van der Waals surface area (Å²) >= 11 is 17.9. The molecule has 1 aliphatic heterocycles. The monoisotopic (exact) mass is 426 g/mol. The summed E-state index contributed by atoms with van der Waals surface area (Å²) in [5.41, 5.74) is 1.31. The summed E-state index contributed by atoms with van der Waals surface area (Å²) in [6.07, 6.45) is 1.85. The molecule has 0 spiro atoms. The van der Waals surface area contributed by atoms with Crippen LogP contribution in [0, 0.1) is 0 Å². The van der Waals surface area contributed by atoms with Gasteiger partial charge in [0.25, 0.3) is 5.91 Å². The average molecular weight is 428 g/mol. The Bertz CT molecular complexity index is 778. The van der Waals surface area contributed by atoms with Crippen LogP contribution in [-0.2, 0) is 11.3 Å². The van der Waals surface area contributed by atoms with Crippen LogP contribution in [0.15, 0.2) is 42.5 Å². The standard InChI is InChI=1S/C20H21Cl3N2O2/c21-16-10-18(23)19(11-17(16)22)27-13-20(26)24-15-6-8-25(9-7-15)12-14-4-2-1-3-5-14/h1-5,10-11,15H,6-9,12-13H2,(H,24,26). The number of hydrogen-bond donors (Lipinski definition) is 1. The first-order valence-electron chi connectivity index (χ1n) is 8.84. The minimum Gasteiger partial charge on any atom is -0.482 e. The molecular weight excluding hydrogens is 407 g/mol. The maximum absolute atomic E-state index is 12.2. The van der Waals surface area contributed by atoms with Crippen LogP contribution in [0.3, 0.4) is 0 Å². The molecule has 1 heterocycles. The number of ether oxygens (including phenoxy) is 1. The first kappa shape index (κ1) is 20.3. The third-order valence-electron chi connectivity index (χ3n) is 4.54. The maximum atomic E-state index is 12.2. The van der Waals surface area contributed by atoms with E-state index in [-0.39, 0.29) is 18.6 Å². The molecule has 0 saturated carbocycles. The third kappa shape index (κ3) is 6.01. The van der Waals surface area contributed by atoms with Crippen LogP contribution in [0.4, 0.5) is 0 Å². The Morgan fingerprint density at radius 3 is 2.41 bits per heavy atom. The molecule has 2 aromatic carbocycles. The molecule has 144 valence electrons. The van der Waals surface area contributed by atoms with Gasteiger partial charge in [-0.15, -0.1) is 0 Å². The Morgan fingerprint density at radius 2 is 1.70 bits per heavy atom. The highest BCUT2D eigenvalue weighted by atomic mass is 35.5. The molecule has 3 rings (SSSR count). The number of amides is 1. The first-order valence-corrected chi connectivity index (χ1v) is 9.97. The summed E-state index contributed by atoms with van der Waals surface area (Å²) in [5.74, 6) is 0.178. The molecule has 0 radical (unpaired) electrons. The lowest BCUT2D eigenvalue weighted by Crippen LogP contribution is -2.45. The van der Waals surface area contributed by atoms with Gasteiger partial charge in [-0.2, -0.15) is 0 Å². The van der Waals surface area contributed by atoms with E-state index in [0.29, 0.717) is 20.8 Å². The lowest BCUT2D eigenvalue weighted by atomic mass is 10.0. The number of carbonyl (C=O) groups excluding carboxylic acids is 1. The highest BCUT2D eigenvalue weighted by Gasteiger charge is 2.21. The number of carbonyl (C=O) groups is 1. The van der Waals surface area contributed by atoms with Crippen molar-refractivity contribution in [1.29, 1.82) is 0 Å². The number of halogens is 3. The van der Waals surface area contributed by atoms with Crippen LogP contribution >= 0.6 is 34.8 Å². The van der Waals surface area contributed by atoms with Gasteiger partial charge in [0.2, 0.25) is 0 Å². The average Bonchev–Trinajstić information content (AvgIpc) is 2.66. The van der Waals surface area contributed by atoms with Crippen LogP contribution in [0.1, 0.15) is 18.4 Å². The Hall–Kier alpha value is -1.46. The zero-order valence-corrected chi connectivity index (χ0v) is 17.0. The predicted molar refractivity (Wildman–Crippen MR) is 110 cm³/mol. The van der Waals surface area contributed by atoms with Gasteiger partial charge in [-0.1, -0.05) is 65.1 Å². The topological polar surface area (TPSA) is 41.6 Å². The van der Waals surface area contributed by atoms with Gasteiger partial charge in [0.05, 0.1) is 15.1 Å². The molecule has 1 saturated heterocycles.